The number of carbonyl (C=O) groups excluding carboxylic acids is 1. The van der Waals surface area contributed by atoms with Crippen molar-refractivity contribution in [2.24, 2.45) is 0 Å². The maximum Gasteiger partial charge on any atom is 0.293 e. The minimum Gasteiger partial charge on any atom is -0.378 e. The van der Waals surface area contributed by atoms with Gasteiger partial charge in [-0.3, -0.25) is 14.9 Å². The summed E-state index contributed by atoms with van der Waals surface area (Å²) >= 11 is 0. The molecule has 0 aliphatic carbocycles. The Balaban J connectivity index is 2.76. The number of nitro benzene ring substituents is 1. The maximum atomic E-state index is 11.4. The van der Waals surface area contributed by atoms with Crippen LogP contribution in [0.3, 0.4) is 0 Å². The van der Waals surface area contributed by atoms with Gasteiger partial charge in [0, 0.05) is 31.5 Å². The minimum atomic E-state index is -3.52. The fourth-order valence-electron chi connectivity index (χ4n) is 1.74. The zero-order valence-electron chi connectivity index (χ0n) is 13.1. The molecule has 0 saturated heterocycles. The van der Waals surface area contributed by atoms with Crippen LogP contribution in [-0.4, -0.2) is 38.6 Å². The van der Waals surface area contributed by atoms with Gasteiger partial charge in [-0.1, -0.05) is 5.57 Å². The summed E-state index contributed by atoms with van der Waals surface area (Å²) in [6, 6.07) is 3.65. The molecule has 23 heavy (non-hydrogen) atoms. The van der Waals surface area contributed by atoms with Crippen molar-refractivity contribution in [3.8, 4) is 0 Å². The van der Waals surface area contributed by atoms with Gasteiger partial charge in [0.25, 0.3) is 5.69 Å². The third-order valence-electron chi connectivity index (χ3n) is 2.75. The lowest BCUT2D eigenvalue weighted by atomic mass is 10.2. The van der Waals surface area contributed by atoms with Crippen molar-refractivity contribution in [1.29, 1.82) is 0 Å². The van der Waals surface area contributed by atoms with Gasteiger partial charge < -0.3 is 10.6 Å². The summed E-state index contributed by atoms with van der Waals surface area (Å²) in [5.41, 5.74) is 0.727. The average Bonchev–Trinajstić information content (AvgIpc) is 2.41. The van der Waals surface area contributed by atoms with Crippen molar-refractivity contribution < 1.29 is 18.1 Å². The average molecular weight is 341 g/mol. The Morgan fingerprint density at radius 1 is 1.30 bits per heavy atom. The van der Waals surface area contributed by atoms with E-state index in [2.05, 4.69) is 10.6 Å². The van der Waals surface area contributed by atoms with Crippen molar-refractivity contribution in [2.45, 2.75) is 18.7 Å². The molecule has 0 aliphatic heterocycles. The SMILES string of the molecule is CC(C)=CC(=O)NCCNc1ccc(S(C)(=O)=O)cc1[N+](=O)[O-]. The third-order valence-corrected chi connectivity index (χ3v) is 3.86. The summed E-state index contributed by atoms with van der Waals surface area (Å²) in [5, 5.41) is 16.5. The van der Waals surface area contributed by atoms with E-state index >= 15 is 0 Å². The van der Waals surface area contributed by atoms with Crippen LogP contribution in [0.5, 0.6) is 0 Å². The summed E-state index contributed by atoms with van der Waals surface area (Å²) in [7, 11) is -3.52. The van der Waals surface area contributed by atoms with Crippen LogP contribution in [0, 0.1) is 10.1 Å². The molecule has 1 amide bonds. The monoisotopic (exact) mass is 341 g/mol. The van der Waals surface area contributed by atoms with Crippen LogP contribution in [0.15, 0.2) is 34.7 Å². The molecule has 9 heteroatoms. The van der Waals surface area contributed by atoms with Crippen molar-refractivity contribution in [3.05, 3.63) is 40.0 Å². The number of sulfone groups is 1. The van der Waals surface area contributed by atoms with Gasteiger partial charge in [-0.25, -0.2) is 8.42 Å². The Morgan fingerprint density at radius 2 is 1.96 bits per heavy atom. The molecule has 0 fully saturated rings. The number of hydrogen-bond acceptors (Lipinski definition) is 6. The molecule has 0 aromatic heterocycles. The Labute approximate surface area is 134 Å². The lowest BCUT2D eigenvalue weighted by Gasteiger charge is -2.08. The highest BCUT2D eigenvalue weighted by atomic mass is 32.2. The van der Waals surface area contributed by atoms with E-state index < -0.39 is 14.8 Å². The number of rotatable bonds is 7. The van der Waals surface area contributed by atoms with Crippen LogP contribution in [0.25, 0.3) is 0 Å². The van der Waals surface area contributed by atoms with Gasteiger partial charge in [0.05, 0.1) is 9.82 Å². The zero-order chi connectivity index (χ0) is 17.6. The molecule has 1 aromatic carbocycles. The summed E-state index contributed by atoms with van der Waals surface area (Å²) in [6.07, 6.45) is 2.43. The fourth-order valence-corrected chi connectivity index (χ4v) is 2.38. The first-order chi connectivity index (χ1) is 10.6. The van der Waals surface area contributed by atoms with Crippen LogP contribution >= 0.6 is 0 Å². The molecule has 1 aromatic rings. The quantitative estimate of drug-likeness (QED) is 0.336. The van der Waals surface area contributed by atoms with E-state index in [9.17, 15) is 23.3 Å². The molecule has 0 atom stereocenters. The van der Waals surface area contributed by atoms with Gasteiger partial charge in [-0.05, 0) is 26.0 Å². The Hall–Kier alpha value is -2.42. The molecule has 0 heterocycles. The van der Waals surface area contributed by atoms with Crippen molar-refractivity contribution in [1.82, 2.24) is 5.32 Å². The summed E-state index contributed by atoms with van der Waals surface area (Å²) < 4.78 is 22.9. The van der Waals surface area contributed by atoms with E-state index in [1.54, 1.807) is 13.8 Å². The van der Waals surface area contributed by atoms with Crippen LogP contribution in [0.1, 0.15) is 13.8 Å². The summed E-state index contributed by atoms with van der Waals surface area (Å²) in [4.78, 5) is 21.7. The molecule has 126 valence electrons. The number of carbonyl (C=O) groups is 1. The summed E-state index contributed by atoms with van der Waals surface area (Å²) in [6.45, 7) is 4.13. The normalized spacial score (nSPS) is 10.7. The summed E-state index contributed by atoms with van der Waals surface area (Å²) in [5.74, 6) is -0.242. The molecule has 0 bridgehead atoms. The standard InChI is InChI=1S/C14H19N3O5S/c1-10(2)8-14(18)16-7-6-15-12-5-4-11(23(3,21)22)9-13(12)17(19)20/h4-5,8-9,15H,6-7H2,1-3H3,(H,16,18). The Bertz CT molecular complexity index is 737. The molecular weight excluding hydrogens is 322 g/mol. The highest BCUT2D eigenvalue weighted by molar-refractivity contribution is 7.90. The maximum absolute atomic E-state index is 11.4. The fraction of sp³-hybridized carbons (Fsp3) is 0.357. The molecule has 0 unspecified atom stereocenters. The molecule has 0 radical (unpaired) electrons. The number of anilines is 1. The van der Waals surface area contributed by atoms with E-state index in [0.717, 1.165) is 17.9 Å². The smallest absolute Gasteiger partial charge is 0.293 e. The van der Waals surface area contributed by atoms with Crippen LogP contribution < -0.4 is 10.6 Å². The number of hydrogen-bond donors (Lipinski definition) is 2. The first-order valence-corrected chi connectivity index (χ1v) is 8.65. The van der Waals surface area contributed by atoms with Crippen LogP contribution in [0.4, 0.5) is 11.4 Å². The number of nitro groups is 1. The lowest BCUT2D eigenvalue weighted by molar-refractivity contribution is -0.384. The van der Waals surface area contributed by atoms with Crippen LogP contribution in [0.2, 0.25) is 0 Å². The molecular formula is C14H19N3O5S. The first-order valence-electron chi connectivity index (χ1n) is 6.76. The second kappa shape index (κ2) is 7.73. The number of nitrogens with zero attached hydrogens (tertiary/aromatic N) is 1. The molecule has 1 rings (SSSR count). The number of amides is 1. The van der Waals surface area contributed by atoms with Gasteiger partial charge in [-0.2, -0.15) is 0 Å². The van der Waals surface area contributed by atoms with E-state index in [1.807, 2.05) is 0 Å². The van der Waals surface area contributed by atoms with Gasteiger partial charge in [0.2, 0.25) is 5.91 Å². The molecule has 0 aliphatic rings. The van der Waals surface area contributed by atoms with E-state index in [0.29, 0.717) is 0 Å². The number of allylic oxidation sites excluding steroid dienone is 1. The van der Waals surface area contributed by atoms with Gasteiger partial charge >= 0.3 is 0 Å². The Kier molecular flexibility index (Phi) is 6.26. The predicted molar refractivity (Wildman–Crippen MR) is 87.1 cm³/mol. The van der Waals surface area contributed by atoms with Gasteiger partial charge in [-0.15, -0.1) is 0 Å². The van der Waals surface area contributed by atoms with Crippen molar-refractivity contribution in [2.75, 3.05) is 24.7 Å². The number of benzene rings is 1. The highest BCUT2D eigenvalue weighted by Crippen LogP contribution is 2.27. The molecule has 2 N–H and O–H groups in total. The van der Waals surface area contributed by atoms with Gasteiger partial charge in [0.15, 0.2) is 9.84 Å². The highest BCUT2D eigenvalue weighted by Gasteiger charge is 2.18. The van der Waals surface area contributed by atoms with Gasteiger partial charge in [0.1, 0.15) is 5.69 Å². The zero-order valence-corrected chi connectivity index (χ0v) is 13.9. The second-order valence-corrected chi connectivity index (χ2v) is 7.16. The molecule has 8 nitrogen and oxygen atoms in total. The van der Waals surface area contributed by atoms with E-state index in [1.165, 1.54) is 18.2 Å². The molecule has 0 spiro atoms. The van der Waals surface area contributed by atoms with Crippen LogP contribution in [-0.2, 0) is 14.6 Å². The minimum absolute atomic E-state index is 0.119. The largest absolute Gasteiger partial charge is 0.378 e. The first kappa shape index (κ1) is 18.6. The van der Waals surface area contributed by atoms with Crippen molar-refractivity contribution >= 4 is 27.1 Å². The van der Waals surface area contributed by atoms with E-state index in [-0.39, 0.29) is 35.3 Å². The second-order valence-electron chi connectivity index (χ2n) is 5.15. The van der Waals surface area contributed by atoms with Crippen molar-refractivity contribution in [3.63, 3.8) is 0 Å². The topological polar surface area (TPSA) is 118 Å². The number of nitrogens with one attached hydrogen (secondary N) is 2. The lowest BCUT2D eigenvalue weighted by Crippen LogP contribution is -2.27. The molecule has 0 saturated carbocycles. The van der Waals surface area contributed by atoms with E-state index in [4.69, 9.17) is 0 Å². The third kappa shape index (κ3) is 6.07. The predicted octanol–water partition coefficient (Wildman–Crippen LogP) is 1.49. The Morgan fingerprint density at radius 3 is 2.48 bits per heavy atom.